The molecule has 2 N–H and O–H groups in total. The number of hydrogen-bond donors (Lipinski definition) is 2. The van der Waals surface area contributed by atoms with Gasteiger partial charge in [-0.15, -0.1) is 10.2 Å². The van der Waals surface area contributed by atoms with E-state index in [0.29, 0.717) is 16.4 Å². The van der Waals surface area contributed by atoms with E-state index in [-0.39, 0.29) is 11.3 Å². The molecule has 9 heteroatoms. The first-order valence-electron chi connectivity index (χ1n) is 5.81. The third kappa shape index (κ3) is 2.38. The van der Waals surface area contributed by atoms with Crippen LogP contribution in [0.2, 0.25) is 0 Å². The lowest BCUT2D eigenvalue weighted by molar-refractivity contribution is -0.133. The maximum atomic E-state index is 11.6. The number of carboxylic acid groups (broad SMARTS) is 1. The number of aliphatic carboxylic acids is 1. The molecular weight excluding hydrogens is 296 g/mol. The average Bonchev–Trinajstić information content (AvgIpc) is 3.02. The Morgan fingerprint density at radius 3 is 2.81 bits per heavy atom. The Labute approximate surface area is 122 Å². The SMILES string of the molecule is O=C(O)CSc1nncn1-c1ccc2c(c1)C(=O)NC2=O. The summed E-state index contributed by atoms with van der Waals surface area (Å²) in [5, 5.41) is 18.9. The van der Waals surface area contributed by atoms with Gasteiger partial charge in [0.25, 0.3) is 11.8 Å². The summed E-state index contributed by atoms with van der Waals surface area (Å²) >= 11 is 1.01. The summed E-state index contributed by atoms with van der Waals surface area (Å²) in [6.07, 6.45) is 1.42. The minimum absolute atomic E-state index is 0.150. The van der Waals surface area contributed by atoms with E-state index < -0.39 is 17.8 Å². The maximum Gasteiger partial charge on any atom is 0.313 e. The number of imide groups is 1. The van der Waals surface area contributed by atoms with Gasteiger partial charge in [-0.2, -0.15) is 0 Å². The summed E-state index contributed by atoms with van der Waals surface area (Å²) in [5.41, 5.74) is 1.17. The van der Waals surface area contributed by atoms with Gasteiger partial charge in [0.15, 0.2) is 5.16 Å². The molecule has 1 aromatic heterocycles. The van der Waals surface area contributed by atoms with Crippen LogP contribution in [0.25, 0.3) is 5.69 Å². The number of thioether (sulfide) groups is 1. The molecule has 0 spiro atoms. The molecule has 1 aromatic carbocycles. The van der Waals surface area contributed by atoms with E-state index in [1.54, 1.807) is 16.7 Å². The van der Waals surface area contributed by atoms with Gasteiger partial charge < -0.3 is 5.11 Å². The summed E-state index contributed by atoms with van der Waals surface area (Å²) < 4.78 is 1.56. The van der Waals surface area contributed by atoms with Crippen LogP contribution in [-0.2, 0) is 4.79 Å². The molecule has 1 aliphatic heterocycles. The van der Waals surface area contributed by atoms with E-state index in [0.717, 1.165) is 11.8 Å². The number of benzene rings is 1. The summed E-state index contributed by atoms with van der Waals surface area (Å²) in [6, 6.07) is 4.73. The van der Waals surface area contributed by atoms with Crippen molar-refractivity contribution in [3.8, 4) is 5.69 Å². The van der Waals surface area contributed by atoms with Gasteiger partial charge in [0, 0.05) is 5.69 Å². The third-order valence-electron chi connectivity index (χ3n) is 2.84. The van der Waals surface area contributed by atoms with Crippen LogP contribution in [0.15, 0.2) is 29.7 Å². The second kappa shape index (κ2) is 5.02. The van der Waals surface area contributed by atoms with E-state index >= 15 is 0 Å². The Kier molecular flexibility index (Phi) is 3.18. The van der Waals surface area contributed by atoms with Crippen LogP contribution in [0.5, 0.6) is 0 Å². The van der Waals surface area contributed by atoms with Crippen LogP contribution in [0.1, 0.15) is 20.7 Å². The molecule has 0 unspecified atom stereocenters. The monoisotopic (exact) mass is 304 g/mol. The molecule has 1 aliphatic rings. The maximum absolute atomic E-state index is 11.6. The highest BCUT2D eigenvalue weighted by Crippen LogP contribution is 2.23. The van der Waals surface area contributed by atoms with Gasteiger partial charge in [0.05, 0.1) is 16.9 Å². The van der Waals surface area contributed by atoms with Gasteiger partial charge in [0.1, 0.15) is 6.33 Å². The van der Waals surface area contributed by atoms with Crippen molar-refractivity contribution in [2.24, 2.45) is 0 Å². The zero-order valence-corrected chi connectivity index (χ0v) is 11.3. The average molecular weight is 304 g/mol. The summed E-state index contributed by atoms with van der Waals surface area (Å²) in [7, 11) is 0. The predicted molar refractivity (Wildman–Crippen MR) is 71.5 cm³/mol. The van der Waals surface area contributed by atoms with E-state index in [1.807, 2.05) is 0 Å². The molecule has 0 fully saturated rings. The van der Waals surface area contributed by atoms with Crippen LogP contribution in [0, 0.1) is 0 Å². The molecule has 0 saturated carbocycles. The van der Waals surface area contributed by atoms with Gasteiger partial charge in [-0.1, -0.05) is 11.8 Å². The molecule has 0 radical (unpaired) electrons. The fourth-order valence-corrected chi connectivity index (χ4v) is 2.58. The molecule has 2 amide bonds. The highest BCUT2D eigenvalue weighted by atomic mass is 32.2. The first kappa shape index (κ1) is 13.3. The Morgan fingerprint density at radius 1 is 1.29 bits per heavy atom. The molecule has 3 rings (SSSR count). The lowest BCUT2D eigenvalue weighted by atomic mass is 10.1. The minimum Gasteiger partial charge on any atom is -0.481 e. The van der Waals surface area contributed by atoms with Crippen LogP contribution in [0.3, 0.4) is 0 Å². The predicted octanol–water partition coefficient (Wildman–Crippen LogP) is 0.328. The Balaban J connectivity index is 1.97. The zero-order valence-electron chi connectivity index (χ0n) is 10.4. The zero-order chi connectivity index (χ0) is 15.0. The Hall–Kier alpha value is -2.68. The van der Waals surface area contributed by atoms with Crippen molar-refractivity contribution in [1.82, 2.24) is 20.1 Å². The number of nitrogens with zero attached hydrogens (tertiary/aromatic N) is 3. The van der Waals surface area contributed by atoms with Gasteiger partial charge in [-0.25, -0.2) is 0 Å². The molecule has 0 bridgehead atoms. The van der Waals surface area contributed by atoms with Crippen LogP contribution in [-0.4, -0.2) is 43.4 Å². The lowest BCUT2D eigenvalue weighted by Gasteiger charge is -2.06. The summed E-state index contributed by atoms with van der Waals surface area (Å²) in [4.78, 5) is 33.7. The fraction of sp³-hybridized carbons (Fsp3) is 0.0833. The summed E-state index contributed by atoms with van der Waals surface area (Å²) in [5.74, 6) is -1.99. The first-order chi connectivity index (χ1) is 10.1. The van der Waals surface area contributed by atoms with Crippen LogP contribution in [0.4, 0.5) is 0 Å². The van der Waals surface area contributed by atoms with Crippen molar-refractivity contribution in [3.63, 3.8) is 0 Å². The van der Waals surface area contributed by atoms with Crippen LogP contribution >= 0.6 is 11.8 Å². The first-order valence-corrected chi connectivity index (χ1v) is 6.79. The normalized spacial score (nSPS) is 13.1. The standard InChI is InChI=1S/C12H8N4O4S/c17-9(18)4-21-12-15-13-5-16(12)6-1-2-7-8(3-6)11(20)14-10(7)19/h1-3,5H,4H2,(H,17,18)(H,14,19,20). The minimum atomic E-state index is -0.964. The number of aromatic nitrogens is 3. The number of carbonyl (C=O) groups excluding carboxylic acids is 2. The topological polar surface area (TPSA) is 114 Å². The lowest BCUT2D eigenvalue weighted by Crippen LogP contribution is -2.19. The molecule has 0 aliphatic carbocycles. The highest BCUT2D eigenvalue weighted by Gasteiger charge is 2.27. The number of fused-ring (bicyclic) bond motifs is 1. The molecule has 2 aromatic rings. The van der Waals surface area contributed by atoms with Crippen LogP contribution < -0.4 is 5.32 Å². The molecule has 8 nitrogen and oxygen atoms in total. The molecular formula is C12H8N4O4S. The van der Waals surface area contributed by atoms with Gasteiger partial charge in [0.2, 0.25) is 0 Å². The second-order valence-corrected chi connectivity index (χ2v) is 5.12. The van der Waals surface area contributed by atoms with E-state index in [2.05, 4.69) is 15.5 Å². The number of carboxylic acids is 1. The van der Waals surface area contributed by atoms with Crippen molar-refractivity contribution in [1.29, 1.82) is 0 Å². The van der Waals surface area contributed by atoms with Gasteiger partial charge in [-0.05, 0) is 18.2 Å². The number of nitrogens with one attached hydrogen (secondary N) is 1. The molecule has 0 saturated heterocycles. The van der Waals surface area contributed by atoms with E-state index in [1.165, 1.54) is 12.4 Å². The Morgan fingerprint density at radius 2 is 2.05 bits per heavy atom. The van der Waals surface area contributed by atoms with Gasteiger partial charge >= 0.3 is 5.97 Å². The van der Waals surface area contributed by atoms with Crippen molar-refractivity contribution < 1.29 is 19.5 Å². The highest BCUT2D eigenvalue weighted by molar-refractivity contribution is 7.99. The summed E-state index contributed by atoms with van der Waals surface area (Å²) in [6.45, 7) is 0. The van der Waals surface area contributed by atoms with Crippen molar-refractivity contribution >= 4 is 29.5 Å². The molecule has 2 heterocycles. The molecule has 106 valence electrons. The van der Waals surface area contributed by atoms with Crippen molar-refractivity contribution in [2.75, 3.05) is 5.75 Å². The van der Waals surface area contributed by atoms with Gasteiger partial charge in [-0.3, -0.25) is 24.3 Å². The number of amides is 2. The molecule has 21 heavy (non-hydrogen) atoms. The van der Waals surface area contributed by atoms with E-state index in [4.69, 9.17) is 5.11 Å². The van der Waals surface area contributed by atoms with E-state index in [9.17, 15) is 14.4 Å². The van der Waals surface area contributed by atoms with Crippen molar-refractivity contribution in [3.05, 3.63) is 35.7 Å². The Bertz CT molecular complexity index is 770. The second-order valence-electron chi connectivity index (χ2n) is 4.18. The smallest absolute Gasteiger partial charge is 0.313 e. The quantitative estimate of drug-likeness (QED) is 0.618. The number of hydrogen-bond acceptors (Lipinski definition) is 6. The number of rotatable bonds is 4. The fourth-order valence-electron chi connectivity index (χ4n) is 1.93. The third-order valence-corrected chi connectivity index (χ3v) is 3.77. The number of carbonyl (C=O) groups is 3. The molecule has 0 atom stereocenters. The van der Waals surface area contributed by atoms with Crippen molar-refractivity contribution in [2.45, 2.75) is 5.16 Å². The largest absolute Gasteiger partial charge is 0.481 e.